The van der Waals surface area contributed by atoms with Gasteiger partial charge in [0.2, 0.25) is 5.75 Å². The molecule has 3 aromatic carbocycles. The van der Waals surface area contributed by atoms with Gasteiger partial charge in [0.1, 0.15) is 6.07 Å². The zero-order valence-corrected chi connectivity index (χ0v) is 26.3. The van der Waals surface area contributed by atoms with Crippen molar-refractivity contribution in [2.24, 2.45) is 0 Å². The summed E-state index contributed by atoms with van der Waals surface area (Å²) in [5, 5.41) is 16.9. The maximum absolute atomic E-state index is 13.3. The number of ether oxygens (including phenoxy) is 3. The van der Waals surface area contributed by atoms with Crippen LogP contribution in [0.5, 0.6) is 17.2 Å². The van der Waals surface area contributed by atoms with Crippen LogP contribution in [0, 0.1) is 11.3 Å². The van der Waals surface area contributed by atoms with E-state index in [4.69, 9.17) is 14.2 Å². The van der Waals surface area contributed by atoms with Crippen molar-refractivity contribution in [3.8, 4) is 34.4 Å². The van der Waals surface area contributed by atoms with Crippen molar-refractivity contribution in [2.75, 3.05) is 33.2 Å². The fraction of sp³-hybridized carbons (Fsp3) is 0.258. The molecule has 40 heavy (non-hydrogen) atoms. The Morgan fingerprint density at radius 2 is 1.70 bits per heavy atom. The fourth-order valence-corrected chi connectivity index (χ4v) is 6.35. The minimum Gasteiger partial charge on any atom is -0.493 e. The minimum absolute atomic E-state index is 0.264. The number of rotatable bonds is 11. The molecule has 9 heteroatoms. The predicted octanol–water partition coefficient (Wildman–Crippen LogP) is 5.90. The Hall–Kier alpha value is -3.81. The third-order valence-corrected chi connectivity index (χ3v) is 10.1. The summed E-state index contributed by atoms with van der Waals surface area (Å²) in [4.78, 5) is 22.7. The number of pyridine rings is 1. The van der Waals surface area contributed by atoms with Gasteiger partial charge in [-0.25, -0.2) is 0 Å². The number of anilines is 1. The number of methoxy groups -OCH3 is 3. The van der Waals surface area contributed by atoms with Crippen LogP contribution in [0.3, 0.4) is 0 Å². The monoisotopic (exact) mass is 645 g/mol. The van der Waals surface area contributed by atoms with Gasteiger partial charge < -0.3 is 19.5 Å². The molecule has 0 saturated carbocycles. The molecule has 1 aromatic heterocycles. The van der Waals surface area contributed by atoms with Crippen LogP contribution in [0.1, 0.15) is 21.5 Å². The topological polar surface area (TPSA) is 106 Å². The number of fused-ring (bicyclic) bond motifs is 1. The Labute approximate surface area is 242 Å². The third-order valence-electron chi connectivity index (χ3n) is 6.55. The van der Waals surface area contributed by atoms with Crippen LogP contribution in [0.4, 0.5) is 5.69 Å². The molecule has 0 atom stereocenters. The smallest absolute Gasteiger partial charge is 0.203 e. The van der Waals surface area contributed by atoms with Gasteiger partial charge in [0.25, 0.3) is 5.91 Å². The van der Waals surface area contributed by atoms with E-state index in [-0.39, 0.29) is 5.56 Å². The number of nitrogens with one attached hydrogen (secondary N) is 2. The largest absolute Gasteiger partial charge is 0.493 e. The van der Waals surface area contributed by atoms with Crippen LogP contribution in [0.25, 0.3) is 22.0 Å². The van der Waals surface area contributed by atoms with Gasteiger partial charge in [0.15, 0.2) is 11.5 Å². The van der Waals surface area contributed by atoms with Crippen molar-refractivity contribution in [3.63, 3.8) is 0 Å². The zero-order chi connectivity index (χ0) is 28.6. The first-order valence-electron chi connectivity index (χ1n) is 12.9. The van der Waals surface area contributed by atoms with Crippen molar-refractivity contribution in [1.82, 2.24) is 10.3 Å². The summed E-state index contributed by atoms with van der Waals surface area (Å²) in [6, 6.07) is 19.6. The van der Waals surface area contributed by atoms with Crippen molar-refractivity contribution in [3.05, 3.63) is 77.5 Å². The first-order valence-corrected chi connectivity index (χ1v) is 20.6. The SMILES string of the molecule is COc1cc(C(=O)Nc2c(C#N)cnc3cc(-c4cccc(CNC[CH2][Sn]([CH3])[CH3])c4)ccc23)cc(OC)c1OC. The van der Waals surface area contributed by atoms with Gasteiger partial charge in [-0.2, -0.15) is 5.26 Å². The second kappa shape index (κ2) is 13.5. The van der Waals surface area contributed by atoms with Gasteiger partial charge in [-0.05, 0) is 12.1 Å². The van der Waals surface area contributed by atoms with E-state index in [1.807, 2.05) is 18.2 Å². The normalized spacial score (nSPS) is 10.8. The molecule has 4 rings (SSSR count). The molecule has 0 aliphatic rings. The first-order chi connectivity index (χ1) is 19.4. The standard InChI is InChI=1S/C29H27N4O4.2CH3.Sn/c1-5-31-16-18-7-6-8-19(11-18)20-9-10-23-24(12-20)32-17-22(15-30)27(23)33-29(34)21-13-25(35-2)28(37-4)26(14-21)36-3;;;/h6-14,17,31H,1,5,16H2,2-4H3,(H,32,33,34);2*1H3;. The molecule has 1 amide bonds. The summed E-state index contributed by atoms with van der Waals surface area (Å²) in [7, 11) is 4.48. The summed E-state index contributed by atoms with van der Waals surface area (Å²) in [5.41, 5.74) is 4.93. The van der Waals surface area contributed by atoms with E-state index in [9.17, 15) is 10.1 Å². The first kappa shape index (κ1) is 29.2. The molecule has 0 unspecified atom stereocenters. The van der Waals surface area contributed by atoms with E-state index < -0.39 is 25.7 Å². The zero-order valence-electron chi connectivity index (χ0n) is 23.4. The molecule has 205 valence electrons. The van der Waals surface area contributed by atoms with E-state index in [1.54, 1.807) is 12.1 Å². The molecular formula is C31H33N4O4Sn. The molecule has 0 spiro atoms. The maximum atomic E-state index is 13.3. The summed E-state index contributed by atoms with van der Waals surface area (Å²) < 4.78 is 17.5. The van der Waals surface area contributed by atoms with Crippen LogP contribution in [-0.4, -0.2) is 58.5 Å². The van der Waals surface area contributed by atoms with Gasteiger partial charge in [0, 0.05) is 5.56 Å². The van der Waals surface area contributed by atoms with Gasteiger partial charge >= 0.3 is 139 Å². The van der Waals surface area contributed by atoms with Crippen molar-refractivity contribution in [1.29, 1.82) is 5.26 Å². The van der Waals surface area contributed by atoms with E-state index in [2.05, 4.69) is 55.8 Å². The van der Waals surface area contributed by atoms with Crippen molar-refractivity contribution >= 4 is 42.3 Å². The van der Waals surface area contributed by atoms with Crippen LogP contribution >= 0.6 is 0 Å². The van der Waals surface area contributed by atoms with Crippen LogP contribution in [0.15, 0.2) is 60.8 Å². The Morgan fingerprint density at radius 1 is 0.975 bits per heavy atom. The van der Waals surface area contributed by atoms with Crippen LogP contribution < -0.4 is 24.8 Å². The summed E-state index contributed by atoms with van der Waals surface area (Å²) in [5.74, 6) is 0.682. The molecule has 0 aliphatic heterocycles. The number of benzene rings is 3. The predicted molar refractivity (Wildman–Crippen MR) is 160 cm³/mol. The van der Waals surface area contributed by atoms with E-state index in [0.29, 0.717) is 39.4 Å². The van der Waals surface area contributed by atoms with Crippen LogP contribution in [0.2, 0.25) is 14.3 Å². The molecule has 1 radical (unpaired) electrons. The molecule has 0 bridgehead atoms. The number of nitriles is 1. The average Bonchev–Trinajstić information content (AvgIpc) is 2.98. The Kier molecular flexibility index (Phi) is 9.85. The van der Waals surface area contributed by atoms with Crippen molar-refractivity contribution in [2.45, 2.75) is 20.9 Å². The minimum atomic E-state index is -1.07. The number of amides is 1. The Bertz CT molecular complexity index is 1540. The quantitative estimate of drug-likeness (QED) is 0.155. The van der Waals surface area contributed by atoms with Gasteiger partial charge in [-0.15, -0.1) is 0 Å². The number of nitrogens with zero attached hydrogens (tertiary/aromatic N) is 2. The van der Waals surface area contributed by atoms with Crippen molar-refractivity contribution < 1.29 is 19.0 Å². The Morgan fingerprint density at radius 3 is 2.35 bits per heavy atom. The van der Waals surface area contributed by atoms with Gasteiger partial charge in [0.05, 0.1) is 26.9 Å². The molecule has 0 fully saturated rings. The van der Waals surface area contributed by atoms with E-state index in [0.717, 1.165) is 24.2 Å². The summed E-state index contributed by atoms with van der Waals surface area (Å²) in [6.45, 7) is 1.90. The molecule has 1 heterocycles. The molecule has 0 saturated heterocycles. The number of aromatic nitrogens is 1. The molecule has 4 aromatic rings. The number of carbonyl (C=O) groups is 1. The summed E-state index contributed by atoms with van der Waals surface area (Å²) >= 11 is -1.07. The summed E-state index contributed by atoms with van der Waals surface area (Å²) in [6.07, 6.45) is 1.48. The fourth-order valence-electron chi connectivity index (χ4n) is 4.42. The van der Waals surface area contributed by atoms with Gasteiger partial charge in [-0.1, -0.05) is 0 Å². The second-order valence-electron chi connectivity index (χ2n) is 9.59. The number of hydrogen-bond donors (Lipinski definition) is 2. The third kappa shape index (κ3) is 6.66. The van der Waals surface area contributed by atoms with Crippen LogP contribution in [-0.2, 0) is 6.54 Å². The molecule has 8 nitrogen and oxygen atoms in total. The molecular weight excluding hydrogens is 611 g/mol. The van der Waals surface area contributed by atoms with Gasteiger partial charge in [-0.3, -0.25) is 4.79 Å². The maximum Gasteiger partial charge on any atom is 0.203 e. The van der Waals surface area contributed by atoms with E-state index >= 15 is 0 Å². The molecule has 0 aliphatic carbocycles. The second-order valence-corrected chi connectivity index (χ2v) is 17.9. The van der Waals surface area contributed by atoms with E-state index in [1.165, 1.54) is 37.5 Å². The number of carbonyl (C=O) groups excluding carboxylic acids is 1. The number of hydrogen-bond acceptors (Lipinski definition) is 7. The molecule has 2 N–H and O–H groups in total. The Balaban J connectivity index is 1.64. The average molecular weight is 644 g/mol.